The Morgan fingerprint density at radius 3 is 2.90 bits per heavy atom. The molecule has 1 aliphatic rings. The third-order valence-electron chi connectivity index (χ3n) is 3.72. The number of aryl methyl sites for hydroxylation is 1. The van der Waals surface area contributed by atoms with E-state index in [1.165, 1.54) is 10.8 Å². The molecule has 1 fully saturated rings. The summed E-state index contributed by atoms with van der Waals surface area (Å²) in [4.78, 5) is 2.28. The van der Waals surface area contributed by atoms with Crippen LogP contribution in [0.4, 0.5) is 5.82 Å². The quantitative estimate of drug-likeness (QED) is 0.914. The second-order valence-corrected chi connectivity index (χ2v) is 5.15. The molecular formula is C15H20N4O. The highest BCUT2D eigenvalue weighted by atomic mass is 16.5. The van der Waals surface area contributed by atoms with Crippen LogP contribution in [-0.2, 0) is 4.74 Å². The molecule has 0 spiro atoms. The normalized spacial score (nSPS) is 19.5. The second-order valence-electron chi connectivity index (χ2n) is 5.15. The van der Waals surface area contributed by atoms with Gasteiger partial charge in [0.05, 0.1) is 18.4 Å². The molecule has 3 rings (SSSR count). The number of rotatable bonds is 3. The van der Waals surface area contributed by atoms with Gasteiger partial charge in [-0.1, -0.05) is 24.3 Å². The van der Waals surface area contributed by atoms with Crippen molar-refractivity contribution in [3.63, 3.8) is 0 Å². The lowest BCUT2D eigenvalue weighted by molar-refractivity contribution is 0.0419. The van der Waals surface area contributed by atoms with Crippen LogP contribution in [0.3, 0.4) is 0 Å². The van der Waals surface area contributed by atoms with Crippen LogP contribution in [0.5, 0.6) is 0 Å². The lowest BCUT2D eigenvalue weighted by Crippen LogP contribution is -2.46. The van der Waals surface area contributed by atoms with Crippen molar-refractivity contribution in [3.05, 3.63) is 30.0 Å². The number of morpholine rings is 1. The van der Waals surface area contributed by atoms with Crippen molar-refractivity contribution in [2.75, 3.05) is 38.2 Å². The number of hydrogen-bond acceptors (Lipinski definition) is 5. The molecule has 0 radical (unpaired) electrons. The fourth-order valence-corrected chi connectivity index (χ4v) is 2.72. The van der Waals surface area contributed by atoms with Crippen LogP contribution in [0, 0.1) is 6.92 Å². The van der Waals surface area contributed by atoms with Crippen LogP contribution in [-0.4, -0.2) is 49.6 Å². The van der Waals surface area contributed by atoms with E-state index in [1.807, 2.05) is 20.0 Å². The van der Waals surface area contributed by atoms with Crippen molar-refractivity contribution in [2.45, 2.75) is 13.0 Å². The number of benzene rings is 1. The summed E-state index contributed by atoms with van der Waals surface area (Å²) in [5.41, 5.74) is 0.976. The number of nitrogens with zero attached hydrogens (tertiary/aromatic N) is 3. The van der Waals surface area contributed by atoms with Crippen LogP contribution in [0.15, 0.2) is 24.3 Å². The van der Waals surface area contributed by atoms with Crippen molar-refractivity contribution in [1.29, 1.82) is 0 Å². The van der Waals surface area contributed by atoms with E-state index < -0.39 is 0 Å². The summed E-state index contributed by atoms with van der Waals surface area (Å²) >= 11 is 0. The Bertz CT molecular complexity index is 599. The van der Waals surface area contributed by atoms with Crippen LogP contribution in [0.25, 0.3) is 10.8 Å². The molecule has 5 nitrogen and oxygen atoms in total. The van der Waals surface area contributed by atoms with Gasteiger partial charge in [0.15, 0.2) is 5.82 Å². The molecule has 1 N–H and O–H groups in total. The van der Waals surface area contributed by atoms with Crippen molar-refractivity contribution in [2.24, 2.45) is 0 Å². The Labute approximate surface area is 118 Å². The van der Waals surface area contributed by atoms with E-state index in [2.05, 4.69) is 38.6 Å². The van der Waals surface area contributed by atoms with Gasteiger partial charge in [-0.2, -0.15) is 5.10 Å². The minimum absolute atomic E-state index is 0.204. The molecule has 1 unspecified atom stereocenters. The average molecular weight is 272 g/mol. The average Bonchev–Trinajstić information content (AvgIpc) is 2.49. The smallest absolute Gasteiger partial charge is 0.159 e. The first kappa shape index (κ1) is 13.3. The maximum atomic E-state index is 5.75. The minimum atomic E-state index is 0.204. The standard InChI is InChI=1S/C15H20N4O/c1-11-13-5-3-4-6-14(13)15(18-17-11)19-7-8-20-12(10-19)9-16-2/h3-6,12,16H,7-10H2,1-2H3. The zero-order valence-corrected chi connectivity index (χ0v) is 12.0. The highest BCUT2D eigenvalue weighted by Gasteiger charge is 2.22. The van der Waals surface area contributed by atoms with Gasteiger partial charge in [-0.15, -0.1) is 5.10 Å². The summed E-state index contributed by atoms with van der Waals surface area (Å²) in [5, 5.41) is 14.2. The first-order valence-corrected chi connectivity index (χ1v) is 7.03. The summed E-state index contributed by atoms with van der Waals surface area (Å²) in [5.74, 6) is 0.968. The van der Waals surface area contributed by atoms with E-state index in [1.54, 1.807) is 0 Å². The molecule has 2 heterocycles. The highest BCUT2D eigenvalue weighted by molar-refractivity contribution is 5.93. The topological polar surface area (TPSA) is 50.3 Å². The molecule has 5 heteroatoms. The Morgan fingerprint density at radius 2 is 2.10 bits per heavy atom. The van der Waals surface area contributed by atoms with Crippen LogP contribution in [0.1, 0.15) is 5.69 Å². The molecule has 1 saturated heterocycles. The van der Waals surface area contributed by atoms with Crippen molar-refractivity contribution < 1.29 is 4.74 Å². The van der Waals surface area contributed by atoms with Gasteiger partial charge in [0.25, 0.3) is 0 Å². The predicted molar refractivity (Wildman–Crippen MR) is 80.2 cm³/mol. The van der Waals surface area contributed by atoms with Gasteiger partial charge in [0.1, 0.15) is 0 Å². The van der Waals surface area contributed by atoms with Crippen LogP contribution < -0.4 is 10.2 Å². The van der Waals surface area contributed by atoms with Gasteiger partial charge in [0, 0.05) is 30.4 Å². The number of anilines is 1. The van der Waals surface area contributed by atoms with Crippen molar-refractivity contribution in [3.8, 4) is 0 Å². The van der Waals surface area contributed by atoms with Gasteiger partial charge in [-0.25, -0.2) is 0 Å². The summed E-state index contributed by atoms with van der Waals surface area (Å²) in [6.07, 6.45) is 0.204. The van der Waals surface area contributed by atoms with E-state index >= 15 is 0 Å². The second kappa shape index (κ2) is 5.73. The number of fused-ring (bicyclic) bond motifs is 1. The molecule has 1 aromatic carbocycles. The van der Waals surface area contributed by atoms with E-state index in [0.717, 1.165) is 37.8 Å². The number of hydrogen-bond donors (Lipinski definition) is 1. The first-order valence-electron chi connectivity index (χ1n) is 7.03. The Balaban J connectivity index is 1.95. The number of aromatic nitrogens is 2. The van der Waals surface area contributed by atoms with Gasteiger partial charge in [-0.05, 0) is 14.0 Å². The number of ether oxygens (including phenoxy) is 1. The maximum Gasteiger partial charge on any atom is 0.159 e. The number of likely N-dealkylation sites (N-methyl/N-ethyl adjacent to an activating group) is 1. The third kappa shape index (κ3) is 2.46. The van der Waals surface area contributed by atoms with E-state index in [4.69, 9.17) is 4.74 Å². The predicted octanol–water partition coefficient (Wildman–Crippen LogP) is 1.36. The van der Waals surface area contributed by atoms with E-state index in [0.29, 0.717) is 0 Å². The zero-order chi connectivity index (χ0) is 13.9. The Kier molecular flexibility index (Phi) is 3.80. The maximum absolute atomic E-state index is 5.75. The molecule has 2 aromatic rings. The molecular weight excluding hydrogens is 252 g/mol. The SMILES string of the molecule is CNCC1CN(c2nnc(C)c3ccccc23)CCO1. The fourth-order valence-electron chi connectivity index (χ4n) is 2.72. The summed E-state index contributed by atoms with van der Waals surface area (Å²) in [6, 6.07) is 8.33. The number of nitrogens with one attached hydrogen (secondary N) is 1. The first-order chi connectivity index (χ1) is 9.79. The minimum Gasteiger partial charge on any atom is -0.373 e. The molecule has 106 valence electrons. The molecule has 1 atom stereocenters. The monoisotopic (exact) mass is 272 g/mol. The van der Waals surface area contributed by atoms with Crippen LogP contribution in [0.2, 0.25) is 0 Å². The largest absolute Gasteiger partial charge is 0.373 e. The Hall–Kier alpha value is -1.72. The van der Waals surface area contributed by atoms with E-state index in [-0.39, 0.29) is 6.10 Å². The van der Waals surface area contributed by atoms with Crippen molar-refractivity contribution >= 4 is 16.6 Å². The summed E-state index contributed by atoms with van der Waals surface area (Å²) < 4.78 is 5.75. The molecule has 0 bridgehead atoms. The van der Waals surface area contributed by atoms with Gasteiger partial charge in [-0.3, -0.25) is 0 Å². The molecule has 1 aliphatic heterocycles. The Morgan fingerprint density at radius 1 is 1.30 bits per heavy atom. The van der Waals surface area contributed by atoms with Gasteiger partial charge >= 0.3 is 0 Å². The fraction of sp³-hybridized carbons (Fsp3) is 0.467. The zero-order valence-electron chi connectivity index (χ0n) is 12.0. The van der Waals surface area contributed by atoms with Crippen LogP contribution >= 0.6 is 0 Å². The molecule has 20 heavy (non-hydrogen) atoms. The summed E-state index contributed by atoms with van der Waals surface area (Å²) in [7, 11) is 1.95. The molecule has 0 aliphatic carbocycles. The molecule has 1 aromatic heterocycles. The third-order valence-corrected chi connectivity index (χ3v) is 3.72. The van der Waals surface area contributed by atoms with Crippen molar-refractivity contribution in [1.82, 2.24) is 15.5 Å². The lowest BCUT2D eigenvalue weighted by Gasteiger charge is -2.34. The van der Waals surface area contributed by atoms with Gasteiger partial charge in [0.2, 0.25) is 0 Å². The van der Waals surface area contributed by atoms with E-state index in [9.17, 15) is 0 Å². The molecule has 0 saturated carbocycles. The lowest BCUT2D eigenvalue weighted by atomic mass is 10.1. The highest BCUT2D eigenvalue weighted by Crippen LogP contribution is 2.26. The van der Waals surface area contributed by atoms with Gasteiger partial charge < -0.3 is 15.0 Å². The summed E-state index contributed by atoms with van der Waals surface area (Å²) in [6.45, 7) is 5.30. The molecule has 0 amide bonds.